The zero-order chi connectivity index (χ0) is 22.5. The molecule has 0 radical (unpaired) electrons. The van der Waals surface area contributed by atoms with Crippen LogP contribution in [0.5, 0.6) is 0 Å². The third-order valence-corrected chi connectivity index (χ3v) is 6.88. The van der Waals surface area contributed by atoms with Gasteiger partial charge in [0.15, 0.2) is 0 Å². The van der Waals surface area contributed by atoms with Crippen molar-refractivity contribution in [2.75, 3.05) is 11.9 Å². The molecule has 1 aliphatic rings. The Hall–Kier alpha value is -3.28. The first-order valence-electron chi connectivity index (χ1n) is 10.7. The van der Waals surface area contributed by atoms with Gasteiger partial charge in [0.05, 0.1) is 11.5 Å². The zero-order valence-electron chi connectivity index (χ0n) is 17.9. The fraction of sp³-hybridized carbons (Fsp3) is 0.333. The number of anilines is 1. The highest BCUT2D eigenvalue weighted by Gasteiger charge is 2.32. The molecule has 1 atom stereocenters. The number of hydrogen-bond acceptors (Lipinski definition) is 6. The molecule has 0 bridgehead atoms. The molecule has 8 heteroatoms. The van der Waals surface area contributed by atoms with E-state index in [1.54, 1.807) is 6.20 Å². The van der Waals surface area contributed by atoms with Gasteiger partial charge < -0.3 is 15.2 Å². The van der Waals surface area contributed by atoms with Gasteiger partial charge in [0.25, 0.3) is 0 Å². The number of fused-ring (bicyclic) bond motifs is 1. The van der Waals surface area contributed by atoms with Gasteiger partial charge in [-0.15, -0.1) is 11.3 Å². The maximum Gasteiger partial charge on any atom is 0.225 e. The normalized spacial score (nSPS) is 15.1. The Morgan fingerprint density at radius 1 is 1.28 bits per heavy atom. The molecule has 0 aliphatic carbocycles. The van der Waals surface area contributed by atoms with E-state index in [-0.39, 0.29) is 17.6 Å². The van der Waals surface area contributed by atoms with Gasteiger partial charge in [-0.05, 0) is 17.5 Å². The first kappa shape index (κ1) is 21.9. The molecule has 0 spiro atoms. The van der Waals surface area contributed by atoms with Crippen LogP contribution in [0.4, 0.5) is 5.00 Å². The second-order valence-corrected chi connectivity index (χ2v) is 9.00. The molecule has 164 valence electrons. The number of imidazole rings is 1. The Balaban J connectivity index is 1.46. The summed E-state index contributed by atoms with van der Waals surface area (Å²) in [5, 5.41) is 16.6. The summed E-state index contributed by atoms with van der Waals surface area (Å²) in [4.78, 5) is 30.8. The molecule has 1 aliphatic heterocycles. The van der Waals surface area contributed by atoms with Gasteiger partial charge in [-0.25, -0.2) is 4.98 Å². The van der Waals surface area contributed by atoms with Crippen LogP contribution >= 0.6 is 11.3 Å². The average Bonchev–Trinajstić information content (AvgIpc) is 3.38. The largest absolute Gasteiger partial charge is 0.338 e. The van der Waals surface area contributed by atoms with E-state index in [0.717, 1.165) is 21.8 Å². The number of Topliss-reactive ketones (excluding diaryl/α,β-unsaturated/α-hetero) is 1. The van der Waals surface area contributed by atoms with E-state index in [1.807, 2.05) is 48.1 Å². The SMILES string of the molecule is Cn1ccnc1CCC(=O)C1CNCc2sc(NC(=O)CCc3ccccc3)c(C#N)c21. The van der Waals surface area contributed by atoms with Crippen molar-refractivity contribution >= 4 is 28.0 Å². The molecule has 7 nitrogen and oxygen atoms in total. The number of hydrogen-bond donors (Lipinski definition) is 2. The standard InChI is InChI=1S/C24H25N5O2S/c1-29-12-11-27-21(29)9-8-19(30)18-14-26-15-20-23(18)17(13-25)24(32-20)28-22(31)10-7-16-5-3-2-4-6-16/h2-6,11-12,18,26H,7-10,14-15H2,1H3,(H,28,31). The minimum absolute atomic E-state index is 0.0812. The van der Waals surface area contributed by atoms with Crippen LogP contribution in [-0.4, -0.2) is 27.8 Å². The molecule has 0 saturated carbocycles. The van der Waals surface area contributed by atoms with E-state index < -0.39 is 0 Å². The molecule has 3 aromatic rings. The number of nitriles is 1. The predicted octanol–water partition coefficient (Wildman–Crippen LogP) is 3.31. The van der Waals surface area contributed by atoms with Gasteiger partial charge in [-0.2, -0.15) is 5.26 Å². The minimum Gasteiger partial charge on any atom is -0.338 e. The topological polar surface area (TPSA) is 99.8 Å². The van der Waals surface area contributed by atoms with E-state index in [9.17, 15) is 14.9 Å². The van der Waals surface area contributed by atoms with Crippen molar-refractivity contribution in [3.8, 4) is 6.07 Å². The highest BCUT2D eigenvalue weighted by Crippen LogP contribution is 2.40. The molecule has 3 heterocycles. The molecule has 1 aromatic carbocycles. The van der Waals surface area contributed by atoms with Crippen LogP contribution < -0.4 is 10.6 Å². The van der Waals surface area contributed by atoms with Crippen LogP contribution in [0.15, 0.2) is 42.7 Å². The number of thiophene rings is 1. The Bertz CT molecular complexity index is 1160. The monoisotopic (exact) mass is 447 g/mol. The molecule has 2 N–H and O–H groups in total. The Morgan fingerprint density at radius 3 is 2.81 bits per heavy atom. The molecular formula is C24H25N5O2S. The number of aromatic nitrogens is 2. The van der Waals surface area contributed by atoms with Gasteiger partial charge in [0.2, 0.25) is 5.91 Å². The first-order chi connectivity index (χ1) is 15.6. The molecule has 1 amide bonds. The lowest BCUT2D eigenvalue weighted by Crippen LogP contribution is -2.32. The second kappa shape index (κ2) is 9.90. The van der Waals surface area contributed by atoms with Crippen LogP contribution in [0.3, 0.4) is 0 Å². The Morgan fingerprint density at radius 2 is 2.09 bits per heavy atom. The van der Waals surface area contributed by atoms with Gasteiger partial charge in [-0.1, -0.05) is 30.3 Å². The van der Waals surface area contributed by atoms with E-state index in [1.165, 1.54) is 11.3 Å². The van der Waals surface area contributed by atoms with E-state index in [4.69, 9.17) is 0 Å². The van der Waals surface area contributed by atoms with Crippen LogP contribution in [-0.2, 0) is 36.0 Å². The summed E-state index contributed by atoms with van der Waals surface area (Å²) in [5.74, 6) is 0.423. The van der Waals surface area contributed by atoms with Gasteiger partial charge >= 0.3 is 0 Å². The molecule has 32 heavy (non-hydrogen) atoms. The number of carbonyl (C=O) groups excluding carboxylic acids is 2. The number of carbonyl (C=O) groups is 2. The number of amides is 1. The van der Waals surface area contributed by atoms with E-state index >= 15 is 0 Å². The molecular weight excluding hydrogens is 422 g/mol. The third-order valence-electron chi connectivity index (χ3n) is 5.76. The van der Waals surface area contributed by atoms with Crippen molar-refractivity contribution in [2.45, 2.75) is 38.1 Å². The summed E-state index contributed by atoms with van der Waals surface area (Å²) >= 11 is 1.39. The second-order valence-electron chi connectivity index (χ2n) is 7.89. The van der Waals surface area contributed by atoms with Gasteiger partial charge in [0, 0.05) is 56.7 Å². The van der Waals surface area contributed by atoms with E-state index in [0.29, 0.717) is 49.3 Å². The number of rotatable bonds is 8. The van der Waals surface area contributed by atoms with Gasteiger partial charge in [-0.3, -0.25) is 9.59 Å². The van der Waals surface area contributed by atoms with Crippen LogP contribution in [0, 0.1) is 11.3 Å². The molecule has 4 rings (SSSR count). The fourth-order valence-corrected chi connectivity index (χ4v) is 5.23. The number of nitrogens with zero attached hydrogens (tertiary/aromatic N) is 3. The quantitative estimate of drug-likeness (QED) is 0.552. The summed E-state index contributed by atoms with van der Waals surface area (Å²) in [6.45, 7) is 1.09. The highest BCUT2D eigenvalue weighted by atomic mass is 32.1. The lowest BCUT2D eigenvalue weighted by atomic mass is 9.87. The van der Waals surface area contributed by atoms with Crippen LogP contribution in [0.2, 0.25) is 0 Å². The maximum absolute atomic E-state index is 13.1. The summed E-state index contributed by atoms with van der Waals surface area (Å²) in [6.07, 6.45) is 5.47. The maximum atomic E-state index is 13.1. The number of nitrogens with one attached hydrogen (secondary N) is 2. The summed E-state index contributed by atoms with van der Waals surface area (Å²) < 4.78 is 1.91. The first-order valence-corrected chi connectivity index (χ1v) is 11.5. The Labute approximate surface area is 191 Å². The Kier molecular flexibility index (Phi) is 6.78. The third kappa shape index (κ3) is 4.79. The summed E-state index contributed by atoms with van der Waals surface area (Å²) in [5.41, 5.74) is 2.30. The van der Waals surface area contributed by atoms with Crippen molar-refractivity contribution in [2.24, 2.45) is 7.05 Å². The fourth-order valence-electron chi connectivity index (χ4n) is 4.04. The van der Waals surface area contributed by atoms with Crippen molar-refractivity contribution in [3.63, 3.8) is 0 Å². The van der Waals surface area contributed by atoms with Crippen LogP contribution in [0.25, 0.3) is 0 Å². The number of ketones is 1. The smallest absolute Gasteiger partial charge is 0.225 e. The lowest BCUT2D eigenvalue weighted by Gasteiger charge is -2.23. The predicted molar refractivity (Wildman–Crippen MR) is 123 cm³/mol. The highest BCUT2D eigenvalue weighted by molar-refractivity contribution is 7.16. The number of benzene rings is 1. The number of aryl methyl sites for hydroxylation is 3. The minimum atomic E-state index is -0.389. The van der Waals surface area contributed by atoms with Crippen molar-refractivity contribution < 1.29 is 9.59 Å². The molecule has 0 saturated heterocycles. The van der Waals surface area contributed by atoms with Crippen molar-refractivity contribution in [1.29, 1.82) is 5.26 Å². The molecule has 0 fully saturated rings. The summed E-state index contributed by atoms with van der Waals surface area (Å²) in [7, 11) is 1.91. The average molecular weight is 448 g/mol. The molecule has 2 aromatic heterocycles. The van der Waals surface area contributed by atoms with Crippen molar-refractivity contribution in [1.82, 2.24) is 14.9 Å². The summed E-state index contributed by atoms with van der Waals surface area (Å²) in [6, 6.07) is 12.1. The van der Waals surface area contributed by atoms with E-state index in [2.05, 4.69) is 21.7 Å². The van der Waals surface area contributed by atoms with Crippen LogP contribution in [0.1, 0.15) is 46.2 Å². The zero-order valence-corrected chi connectivity index (χ0v) is 18.7. The lowest BCUT2D eigenvalue weighted by molar-refractivity contribution is -0.120. The van der Waals surface area contributed by atoms with Crippen molar-refractivity contribution in [3.05, 3.63) is 70.1 Å². The molecule has 1 unspecified atom stereocenters. The van der Waals surface area contributed by atoms with Gasteiger partial charge in [0.1, 0.15) is 22.7 Å².